The fourth-order valence-electron chi connectivity index (χ4n) is 0.358. The van der Waals surface area contributed by atoms with Gasteiger partial charge in [0.05, 0.1) is 7.36 Å². The maximum atomic E-state index is 7.80. The highest BCUT2D eigenvalue weighted by Crippen LogP contribution is 2.45. The van der Waals surface area contributed by atoms with Gasteiger partial charge in [0.1, 0.15) is 0 Å². The molecule has 0 spiro atoms. The normalized spacial score (nSPS) is 13.2. The Morgan fingerprint density at radius 1 is 1.00 bits per heavy atom. The highest BCUT2D eigenvalue weighted by molar-refractivity contribution is 7.59. The molecule has 0 amide bonds. The van der Waals surface area contributed by atoms with Gasteiger partial charge in [-0.2, -0.15) is 0 Å². The van der Waals surface area contributed by atoms with Crippen molar-refractivity contribution in [2.75, 3.05) is 34.9 Å². The number of hydrogen-bond donors (Lipinski definition) is 1. The zero-order valence-electron chi connectivity index (χ0n) is 6.84. The molecular weight excluding hydrogens is 133 g/mol. The largest absolute Gasteiger partial charge is 0.290 e. The molecule has 0 aliphatic heterocycles. The molecule has 0 heterocycles. The van der Waals surface area contributed by atoms with Crippen LogP contribution >= 0.6 is 7.36 Å². The summed E-state index contributed by atoms with van der Waals surface area (Å²) in [4.78, 5) is 0. The summed E-state index contributed by atoms with van der Waals surface area (Å²) in [5, 5.41) is 7.80. The van der Waals surface area contributed by atoms with Gasteiger partial charge in [0, 0.05) is 0 Å². The number of nitrogens with zero attached hydrogens (tertiary/aromatic N) is 2. The zero-order chi connectivity index (χ0) is 7.65. The Kier molecular flexibility index (Phi) is 2.87. The van der Waals surface area contributed by atoms with Crippen LogP contribution in [0.1, 0.15) is 0 Å². The number of rotatable bonds is 2. The van der Waals surface area contributed by atoms with Gasteiger partial charge in [0.15, 0.2) is 0 Å². The molecule has 0 saturated heterocycles. The van der Waals surface area contributed by atoms with Crippen LogP contribution in [0.25, 0.3) is 0 Å². The smallest absolute Gasteiger partial charge is 0.0897 e. The quantitative estimate of drug-likeness (QED) is 0.601. The van der Waals surface area contributed by atoms with E-state index in [9.17, 15) is 0 Å². The van der Waals surface area contributed by atoms with E-state index in [0.717, 1.165) is 0 Å². The molecule has 0 saturated carbocycles. The molecule has 0 fully saturated rings. The van der Waals surface area contributed by atoms with Gasteiger partial charge in [-0.05, 0) is 34.9 Å². The Bertz CT molecular complexity index is 118. The molecule has 0 radical (unpaired) electrons. The van der Waals surface area contributed by atoms with Gasteiger partial charge in [-0.1, -0.05) is 0 Å². The zero-order valence-corrected chi connectivity index (χ0v) is 7.74. The van der Waals surface area contributed by atoms with Gasteiger partial charge in [-0.25, -0.2) is 0 Å². The van der Waals surface area contributed by atoms with Gasteiger partial charge in [-0.15, -0.1) is 0 Å². The Morgan fingerprint density at radius 2 is 1.22 bits per heavy atom. The first-order valence-corrected chi connectivity index (χ1v) is 5.00. The second-order valence-electron chi connectivity index (χ2n) is 2.61. The summed E-state index contributed by atoms with van der Waals surface area (Å²) in [5.41, 5.74) is 0. The molecule has 9 heavy (non-hydrogen) atoms. The van der Waals surface area contributed by atoms with Gasteiger partial charge in [0.25, 0.3) is 0 Å². The standard InChI is InChI=1S/C5H16N3P/c1-7(2)9(5,6)8(3)4/h6H,1-5H3. The van der Waals surface area contributed by atoms with Crippen molar-refractivity contribution >= 4 is 7.36 Å². The third-order valence-corrected chi connectivity index (χ3v) is 4.67. The Morgan fingerprint density at radius 3 is 1.22 bits per heavy atom. The maximum Gasteiger partial charge on any atom is 0.0897 e. The molecule has 1 N–H and O–H groups in total. The van der Waals surface area contributed by atoms with Crippen LogP contribution in [0.15, 0.2) is 0 Å². The summed E-state index contributed by atoms with van der Waals surface area (Å²) in [7, 11) is 6.11. The van der Waals surface area contributed by atoms with E-state index < -0.39 is 7.36 Å². The van der Waals surface area contributed by atoms with Gasteiger partial charge < -0.3 is 0 Å². The molecular formula is C5H16N3P. The SMILES string of the molecule is CN(C)P(C)(=N)N(C)C. The number of nitrogens with one attached hydrogen (secondary N) is 1. The lowest BCUT2D eigenvalue weighted by molar-refractivity contribution is 0.562. The van der Waals surface area contributed by atoms with Crippen LogP contribution in [0.2, 0.25) is 0 Å². The van der Waals surface area contributed by atoms with Crippen LogP contribution in [-0.4, -0.2) is 44.2 Å². The summed E-state index contributed by atoms with van der Waals surface area (Å²) in [6.07, 6.45) is 0. The van der Waals surface area contributed by atoms with E-state index in [0.29, 0.717) is 0 Å². The average molecular weight is 149 g/mol. The van der Waals surface area contributed by atoms with Crippen LogP contribution in [0.3, 0.4) is 0 Å². The monoisotopic (exact) mass is 149 g/mol. The predicted octanol–water partition coefficient (Wildman–Crippen LogP) is 1.35. The van der Waals surface area contributed by atoms with E-state index in [1.54, 1.807) is 0 Å². The van der Waals surface area contributed by atoms with Crippen LogP contribution in [0.5, 0.6) is 0 Å². The second kappa shape index (κ2) is 2.82. The second-order valence-corrected chi connectivity index (χ2v) is 6.03. The van der Waals surface area contributed by atoms with Crippen molar-refractivity contribution in [3.8, 4) is 0 Å². The summed E-state index contributed by atoms with van der Waals surface area (Å²) < 4.78 is 3.93. The molecule has 0 aromatic carbocycles. The van der Waals surface area contributed by atoms with E-state index in [2.05, 4.69) is 0 Å². The molecule has 0 aromatic rings. The lowest BCUT2D eigenvalue weighted by Crippen LogP contribution is -2.19. The number of hydrogen-bond acceptors (Lipinski definition) is 1. The molecule has 4 heteroatoms. The first kappa shape index (κ1) is 9.15. The molecule has 0 unspecified atom stereocenters. The lowest BCUT2D eigenvalue weighted by Gasteiger charge is -2.30. The molecule has 3 nitrogen and oxygen atoms in total. The van der Waals surface area contributed by atoms with E-state index in [4.69, 9.17) is 5.16 Å². The fourth-order valence-corrected chi connectivity index (χ4v) is 1.07. The first-order chi connectivity index (χ1) is 3.89. The van der Waals surface area contributed by atoms with Crippen molar-refractivity contribution < 1.29 is 0 Å². The first-order valence-electron chi connectivity index (χ1n) is 2.86. The predicted molar refractivity (Wildman–Crippen MR) is 42.9 cm³/mol. The fraction of sp³-hybridized carbons (Fsp3) is 1.00. The Labute approximate surface area is 57.6 Å². The van der Waals surface area contributed by atoms with E-state index in [-0.39, 0.29) is 0 Å². The summed E-state index contributed by atoms with van der Waals surface area (Å²) >= 11 is 0. The van der Waals surface area contributed by atoms with E-state index >= 15 is 0 Å². The molecule has 0 aromatic heterocycles. The molecule has 56 valence electrons. The molecule has 0 bridgehead atoms. The Balaban J connectivity index is 4.21. The molecule has 0 rings (SSSR count). The van der Waals surface area contributed by atoms with Crippen LogP contribution in [0.4, 0.5) is 0 Å². The van der Waals surface area contributed by atoms with Gasteiger partial charge in [0.2, 0.25) is 0 Å². The van der Waals surface area contributed by atoms with Crippen molar-refractivity contribution in [3.05, 3.63) is 0 Å². The minimum absolute atomic E-state index is 1.67. The summed E-state index contributed by atoms with van der Waals surface area (Å²) in [6.45, 7) is 1.97. The summed E-state index contributed by atoms with van der Waals surface area (Å²) in [5.74, 6) is 0. The lowest BCUT2D eigenvalue weighted by atomic mass is 11.3. The van der Waals surface area contributed by atoms with Gasteiger partial charge >= 0.3 is 0 Å². The highest BCUT2D eigenvalue weighted by Gasteiger charge is 2.14. The molecule has 0 aliphatic carbocycles. The third-order valence-electron chi connectivity index (χ3n) is 1.56. The van der Waals surface area contributed by atoms with Crippen LogP contribution < -0.4 is 0 Å². The molecule has 0 aliphatic rings. The van der Waals surface area contributed by atoms with Gasteiger partial charge in [-0.3, -0.25) is 14.5 Å². The van der Waals surface area contributed by atoms with Crippen molar-refractivity contribution in [3.63, 3.8) is 0 Å². The van der Waals surface area contributed by atoms with Crippen molar-refractivity contribution in [1.29, 1.82) is 5.16 Å². The van der Waals surface area contributed by atoms with Crippen molar-refractivity contribution in [2.24, 2.45) is 0 Å². The van der Waals surface area contributed by atoms with Crippen molar-refractivity contribution in [2.45, 2.75) is 0 Å². The minimum Gasteiger partial charge on any atom is -0.290 e. The topological polar surface area (TPSA) is 30.3 Å². The third kappa shape index (κ3) is 2.09. The highest BCUT2D eigenvalue weighted by atomic mass is 31.2. The average Bonchev–Trinajstić information content (AvgIpc) is 1.65. The van der Waals surface area contributed by atoms with Crippen LogP contribution in [-0.2, 0) is 0 Å². The molecule has 0 atom stereocenters. The van der Waals surface area contributed by atoms with E-state index in [1.807, 2.05) is 44.2 Å². The maximum absolute atomic E-state index is 7.80. The summed E-state index contributed by atoms with van der Waals surface area (Å²) in [6, 6.07) is 0. The Hall–Kier alpha value is 0.150. The van der Waals surface area contributed by atoms with Crippen LogP contribution in [0, 0.1) is 5.16 Å². The van der Waals surface area contributed by atoms with E-state index in [1.165, 1.54) is 0 Å². The minimum atomic E-state index is -1.67. The van der Waals surface area contributed by atoms with Crippen molar-refractivity contribution in [1.82, 2.24) is 9.34 Å².